The lowest BCUT2D eigenvalue weighted by atomic mass is 10.0. The first-order valence-corrected chi connectivity index (χ1v) is 37.3. The summed E-state index contributed by atoms with van der Waals surface area (Å²) in [5, 5.41) is 0. The van der Waals surface area contributed by atoms with Crippen LogP contribution >= 0.6 is 7.82 Å². The Bertz CT molecular complexity index is 1540. The van der Waals surface area contributed by atoms with Crippen molar-refractivity contribution in [3.05, 3.63) is 60.8 Å². The lowest BCUT2D eigenvalue weighted by Gasteiger charge is -2.19. The Labute approximate surface area is 514 Å². The van der Waals surface area contributed by atoms with Gasteiger partial charge in [-0.1, -0.05) is 351 Å². The summed E-state index contributed by atoms with van der Waals surface area (Å²) in [6.45, 7) is 3.69. The zero-order valence-electron chi connectivity index (χ0n) is 54.7. The third-order valence-corrected chi connectivity index (χ3v) is 16.9. The van der Waals surface area contributed by atoms with Crippen molar-refractivity contribution in [1.82, 2.24) is 0 Å². The number of hydrogen-bond donors (Lipinski definition) is 2. The lowest BCUT2D eigenvalue weighted by molar-refractivity contribution is -0.161. The smallest absolute Gasteiger partial charge is 0.462 e. The molecule has 0 aliphatic carbocycles. The van der Waals surface area contributed by atoms with Crippen LogP contribution in [0.3, 0.4) is 0 Å². The molecule has 3 N–H and O–H groups in total. The molecular formula is C73H136NO8P. The second-order valence-electron chi connectivity index (χ2n) is 24.1. The number of allylic oxidation sites excluding steroid dienone is 10. The summed E-state index contributed by atoms with van der Waals surface area (Å²) in [6.07, 6.45) is 89.0. The maximum Gasteiger partial charge on any atom is 0.472 e. The summed E-state index contributed by atoms with van der Waals surface area (Å²) in [5.41, 5.74) is 5.40. The van der Waals surface area contributed by atoms with Crippen LogP contribution in [0.4, 0.5) is 0 Å². The van der Waals surface area contributed by atoms with Gasteiger partial charge in [-0.25, -0.2) is 4.57 Å². The topological polar surface area (TPSA) is 134 Å². The molecule has 0 saturated carbocycles. The van der Waals surface area contributed by atoms with Crippen molar-refractivity contribution in [3.8, 4) is 0 Å². The van der Waals surface area contributed by atoms with E-state index in [1.165, 1.54) is 257 Å². The summed E-state index contributed by atoms with van der Waals surface area (Å²) in [4.78, 5) is 35.4. The van der Waals surface area contributed by atoms with Crippen LogP contribution in [-0.2, 0) is 32.7 Å². The minimum Gasteiger partial charge on any atom is -0.462 e. The van der Waals surface area contributed by atoms with Crippen LogP contribution in [0.2, 0.25) is 0 Å². The fourth-order valence-corrected chi connectivity index (χ4v) is 11.4. The molecule has 0 spiro atoms. The van der Waals surface area contributed by atoms with Crippen LogP contribution in [-0.4, -0.2) is 49.3 Å². The minimum absolute atomic E-state index is 0.0536. The summed E-state index contributed by atoms with van der Waals surface area (Å²) < 4.78 is 33.2. The molecule has 0 rings (SSSR count). The van der Waals surface area contributed by atoms with Gasteiger partial charge in [0.05, 0.1) is 13.2 Å². The molecule has 0 saturated heterocycles. The molecule has 0 aromatic rings. The van der Waals surface area contributed by atoms with Crippen LogP contribution in [0, 0.1) is 0 Å². The van der Waals surface area contributed by atoms with Crippen molar-refractivity contribution in [2.24, 2.45) is 5.73 Å². The Morgan fingerprint density at radius 1 is 0.373 bits per heavy atom. The molecule has 0 amide bonds. The number of rotatable bonds is 68. The van der Waals surface area contributed by atoms with Gasteiger partial charge in [-0.15, -0.1) is 0 Å². The van der Waals surface area contributed by atoms with E-state index in [0.717, 1.165) is 70.6 Å². The van der Waals surface area contributed by atoms with Crippen LogP contribution in [0.1, 0.15) is 361 Å². The molecule has 0 aliphatic heterocycles. The van der Waals surface area contributed by atoms with E-state index in [2.05, 4.69) is 74.6 Å². The summed E-state index contributed by atoms with van der Waals surface area (Å²) in [6, 6.07) is 0. The molecule has 0 fully saturated rings. The Hall–Kier alpha value is -2.29. The first-order chi connectivity index (χ1) is 40.8. The van der Waals surface area contributed by atoms with Gasteiger partial charge in [0.25, 0.3) is 0 Å². The average molecular weight is 1190 g/mol. The minimum atomic E-state index is -4.39. The number of hydrogen-bond acceptors (Lipinski definition) is 8. The Kier molecular flexibility index (Phi) is 66.9. The predicted molar refractivity (Wildman–Crippen MR) is 358 cm³/mol. The van der Waals surface area contributed by atoms with Gasteiger partial charge in [-0.05, 0) is 57.8 Å². The molecule has 0 aliphatic rings. The number of carbonyl (C=O) groups excluding carboxylic acids is 2. The van der Waals surface area contributed by atoms with Gasteiger partial charge < -0.3 is 20.1 Å². The highest BCUT2D eigenvalue weighted by Crippen LogP contribution is 2.43. The molecule has 486 valence electrons. The van der Waals surface area contributed by atoms with Crippen molar-refractivity contribution in [2.75, 3.05) is 26.4 Å². The summed E-state index contributed by atoms with van der Waals surface area (Å²) >= 11 is 0. The lowest BCUT2D eigenvalue weighted by Crippen LogP contribution is -2.29. The van der Waals surface area contributed by atoms with Gasteiger partial charge in [-0.2, -0.15) is 0 Å². The van der Waals surface area contributed by atoms with Crippen LogP contribution in [0.25, 0.3) is 0 Å². The standard InChI is InChI=1S/C73H136NO8P/c1-3-5-7-9-11-13-15-17-19-21-23-25-27-29-31-33-34-35-36-38-39-41-43-45-47-49-51-53-55-57-59-61-63-65-72(75)79-69-71(70-81-83(77,78)80-68-67-74)82-73(76)66-64-62-60-58-56-54-52-50-48-46-44-42-40-37-32-30-28-26-24-22-20-18-16-14-12-10-8-6-4-2/h6,8,12,14,18,20,24,26,30,32,71H,3-5,7,9-11,13,15-17,19,21-23,25,27-29,31,33-70,74H2,1-2H3,(H,77,78)/b8-6-,14-12-,20-18-,26-24-,32-30-. The van der Waals surface area contributed by atoms with Gasteiger partial charge in [0.15, 0.2) is 6.10 Å². The normalized spacial score (nSPS) is 13.3. The third-order valence-electron chi connectivity index (χ3n) is 15.9. The van der Waals surface area contributed by atoms with E-state index >= 15 is 0 Å². The highest BCUT2D eigenvalue weighted by atomic mass is 31.2. The molecular weight excluding hydrogens is 1050 g/mol. The highest BCUT2D eigenvalue weighted by Gasteiger charge is 2.26. The molecule has 9 nitrogen and oxygen atoms in total. The molecule has 0 heterocycles. The number of phosphoric acid groups is 1. The first kappa shape index (κ1) is 80.7. The van der Waals surface area contributed by atoms with Crippen molar-refractivity contribution in [1.29, 1.82) is 0 Å². The van der Waals surface area contributed by atoms with Crippen molar-refractivity contribution in [3.63, 3.8) is 0 Å². The predicted octanol–water partition coefficient (Wildman–Crippen LogP) is 23.4. The Balaban J connectivity index is 3.82. The van der Waals surface area contributed by atoms with Crippen molar-refractivity contribution >= 4 is 19.8 Å². The van der Waals surface area contributed by atoms with Gasteiger partial charge in [0.2, 0.25) is 0 Å². The number of phosphoric ester groups is 1. The average Bonchev–Trinajstić information content (AvgIpc) is 3.49. The molecule has 83 heavy (non-hydrogen) atoms. The fraction of sp³-hybridized carbons (Fsp3) is 0.836. The number of ether oxygens (including phenoxy) is 2. The fourth-order valence-electron chi connectivity index (χ4n) is 10.7. The van der Waals surface area contributed by atoms with E-state index in [1.54, 1.807) is 0 Å². The first-order valence-electron chi connectivity index (χ1n) is 35.8. The SMILES string of the molecule is CC/C=C\C/C=C\C/C=C\C/C=C\C/C=C\CCCCCCCCCCCCCCCC(=O)OC(COC(=O)CCCCCCCCCCCCCCCCCCCCCCCCCCCCCCCCCCC)COP(=O)(O)OCCN. The number of esters is 2. The molecule has 10 heteroatoms. The molecule has 2 atom stereocenters. The molecule has 0 radical (unpaired) electrons. The molecule has 0 aromatic carbocycles. The Morgan fingerprint density at radius 3 is 0.988 bits per heavy atom. The van der Waals surface area contributed by atoms with Gasteiger partial charge >= 0.3 is 19.8 Å². The van der Waals surface area contributed by atoms with Crippen LogP contribution in [0.15, 0.2) is 60.8 Å². The van der Waals surface area contributed by atoms with E-state index in [4.69, 9.17) is 24.3 Å². The van der Waals surface area contributed by atoms with Gasteiger partial charge in [-0.3, -0.25) is 18.6 Å². The van der Waals surface area contributed by atoms with Crippen molar-refractivity contribution < 1.29 is 37.6 Å². The Morgan fingerprint density at radius 2 is 0.663 bits per heavy atom. The summed E-state index contributed by atoms with van der Waals surface area (Å²) in [7, 11) is -4.39. The second-order valence-corrected chi connectivity index (χ2v) is 25.5. The van der Waals surface area contributed by atoms with Crippen LogP contribution < -0.4 is 5.73 Å². The number of unbranched alkanes of at least 4 members (excludes halogenated alkanes) is 45. The maximum absolute atomic E-state index is 12.8. The van der Waals surface area contributed by atoms with Crippen molar-refractivity contribution in [2.45, 2.75) is 367 Å². The van der Waals surface area contributed by atoms with Crippen LogP contribution in [0.5, 0.6) is 0 Å². The molecule has 2 unspecified atom stereocenters. The second kappa shape index (κ2) is 68.8. The largest absolute Gasteiger partial charge is 0.472 e. The molecule has 0 aromatic heterocycles. The maximum atomic E-state index is 12.8. The third kappa shape index (κ3) is 68.7. The quantitative estimate of drug-likeness (QED) is 0.0264. The molecule has 0 bridgehead atoms. The van der Waals surface area contributed by atoms with E-state index in [-0.39, 0.29) is 38.6 Å². The van der Waals surface area contributed by atoms with E-state index < -0.39 is 26.5 Å². The number of nitrogens with two attached hydrogens (primary N) is 1. The van der Waals surface area contributed by atoms with Gasteiger partial charge in [0, 0.05) is 19.4 Å². The number of carbonyl (C=O) groups is 2. The van der Waals surface area contributed by atoms with E-state index in [0.29, 0.717) is 6.42 Å². The monoisotopic (exact) mass is 1190 g/mol. The zero-order valence-corrected chi connectivity index (χ0v) is 55.6. The highest BCUT2D eigenvalue weighted by molar-refractivity contribution is 7.47. The van der Waals surface area contributed by atoms with E-state index in [1.807, 2.05) is 0 Å². The zero-order chi connectivity index (χ0) is 60.1. The summed E-state index contributed by atoms with van der Waals surface area (Å²) in [5.74, 6) is -0.812. The van der Waals surface area contributed by atoms with E-state index in [9.17, 15) is 19.0 Å². The van der Waals surface area contributed by atoms with Gasteiger partial charge in [0.1, 0.15) is 6.61 Å².